The fourth-order valence-electron chi connectivity index (χ4n) is 4.35. The average Bonchev–Trinajstić information content (AvgIpc) is 2.85. The van der Waals surface area contributed by atoms with Crippen molar-refractivity contribution in [2.75, 3.05) is 25.5 Å². The molecule has 7 heteroatoms. The normalized spacial score (nSPS) is 12.2. The number of thioether (sulfide) groups is 1. The van der Waals surface area contributed by atoms with E-state index in [-0.39, 0.29) is 10.9 Å². The van der Waals surface area contributed by atoms with Crippen LogP contribution in [0.25, 0.3) is 10.8 Å². The second-order valence-corrected chi connectivity index (χ2v) is 10.5. The lowest BCUT2D eigenvalue weighted by Crippen LogP contribution is -2.04. The van der Waals surface area contributed by atoms with Crippen LogP contribution < -0.4 is 15.0 Å². The van der Waals surface area contributed by atoms with Crippen molar-refractivity contribution in [3.63, 3.8) is 0 Å². The van der Waals surface area contributed by atoms with Crippen molar-refractivity contribution in [1.82, 2.24) is 0 Å². The lowest BCUT2D eigenvalue weighted by Gasteiger charge is -2.24. The van der Waals surface area contributed by atoms with E-state index < -0.39 is 0 Å². The summed E-state index contributed by atoms with van der Waals surface area (Å²) in [4.78, 5) is 11.7. The largest absolute Gasteiger partial charge is 0.496 e. The molecule has 2 rings (SSSR count). The molecule has 0 radical (unpaired) electrons. The molecule has 0 aromatic heterocycles. The van der Waals surface area contributed by atoms with Gasteiger partial charge in [0.1, 0.15) is 17.2 Å². The molecule has 0 fully saturated rings. The van der Waals surface area contributed by atoms with E-state index in [1.54, 1.807) is 26.4 Å². The number of hydrogen-bond acceptors (Lipinski definition) is 7. The summed E-state index contributed by atoms with van der Waals surface area (Å²) in [6.07, 6.45) is 11.0. The average molecular weight is 491 g/mol. The van der Waals surface area contributed by atoms with E-state index in [2.05, 4.69) is 31.4 Å². The third-order valence-electron chi connectivity index (χ3n) is 6.28. The van der Waals surface area contributed by atoms with Crippen molar-refractivity contribution >= 4 is 33.9 Å². The van der Waals surface area contributed by atoms with Crippen LogP contribution in [0.4, 0.5) is 11.4 Å². The Balaban J connectivity index is 2.44. The number of nitrogens with one attached hydrogen (secondary N) is 1. The molecule has 0 saturated heterocycles. The Morgan fingerprint density at radius 3 is 2.29 bits per heavy atom. The Labute approximate surface area is 209 Å². The second kappa shape index (κ2) is 15.1. The number of fused-ring (bicyclic) bond motifs is 1. The SMILES string of the molecule is CCCCCCCCCC(SCCC(C)C)c1cc(OC)c2c(NO)ccc(N=O)c2c1OC. The van der Waals surface area contributed by atoms with Crippen molar-refractivity contribution in [1.29, 1.82) is 0 Å². The highest BCUT2D eigenvalue weighted by Gasteiger charge is 2.25. The van der Waals surface area contributed by atoms with Crippen LogP contribution in [0, 0.1) is 10.8 Å². The fourth-order valence-corrected chi connectivity index (χ4v) is 5.93. The molecule has 6 nitrogen and oxygen atoms in total. The van der Waals surface area contributed by atoms with Crippen LogP contribution in [-0.2, 0) is 0 Å². The van der Waals surface area contributed by atoms with Crippen LogP contribution >= 0.6 is 11.8 Å². The van der Waals surface area contributed by atoms with Gasteiger partial charge in [-0.15, -0.1) is 4.91 Å². The third kappa shape index (κ3) is 7.51. The molecule has 2 aromatic rings. The van der Waals surface area contributed by atoms with Gasteiger partial charge in [-0.05, 0) is 47.9 Å². The third-order valence-corrected chi connectivity index (χ3v) is 7.64. The lowest BCUT2D eigenvalue weighted by atomic mass is 9.96. The van der Waals surface area contributed by atoms with Gasteiger partial charge in [-0.25, -0.2) is 0 Å². The van der Waals surface area contributed by atoms with Gasteiger partial charge in [0.2, 0.25) is 0 Å². The first-order valence-electron chi connectivity index (χ1n) is 12.6. The Bertz CT molecular complexity index is 904. The molecule has 1 atom stereocenters. The van der Waals surface area contributed by atoms with Crippen LogP contribution in [0.5, 0.6) is 11.5 Å². The molecule has 0 bridgehead atoms. The number of benzene rings is 2. The van der Waals surface area contributed by atoms with Gasteiger partial charge >= 0.3 is 0 Å². The molecule has 0 aliphatic rings. The first kappa shape index (κ1) is 28.2. The van der Waals surface area contributed by atoms with Gasteiger partial charge in [0.25, 0.3) is 0 Å². The van der Waals surface area contributed by atoms with Gasteiger partial charge in [0, 0.05) is 10.8 Å². The number of ether oxygens (including phenoxy) is 2. The van der Waals surface area contributed by atoms with Gasteiger partial charge in [0.15, 0.2) is 0 Å². The minimum atomic E-state index is 0.216. The van der Waals surface area contributed by atoms with E-state index in [4.69, 9.17) is 9.47 Å². The van der Waals surface area contributed by atoms with E-state index in [0.717, 1.165) is 30.6 Å². The Morgan fingerprint density at radius 2 is 1.71 bits per heavy atom. The van der Waals surface area contributed by atoms with Crippen LogP contribution in [0.15, 0.2) is 23.4 Å². The van der Waals surface area contributed by atoms with Crippen LogP contribution in [0.3, 0.4) is 0 Å². The maximum Gasteiger partial charge on any atom is 0.133 e. The molecule has 0 saturated carbocycles. The molecule has 0 aliphatic heterocycles. The Kier molecular flexibility index (Phi) is 12.5. The molecule has 0 heterocycles. The Hall–Kier alpha value is -1.99. The highest BCUT2D eigenvalue weighted by molar-refractivity contribution is 7.99. The summed E-state index contributed by atoms with van der Waals surface area (Å²) in [5, 5.41) is 14.3. The molecular weight excluding hydrogens is 448 g/mol. The summed E-state index contributed by atoms with van der Waals surface area (Å²) in [6, 6.07) is 5.22. The molecule has 2 N–H and O–H groups in total. The first-order valence-corrected chi connectivity index (χ1v) is 13.6. The van der Waals surface area contributed by atoms with E-state index in [1.807, 2.05) is 17.8 Å². The summed E-state index contributed by atoms with van der Waals surface area (Å²) < 4.78 is 11.6. The lowest BCUT2D eigenvalue weighted by molar-refractivity contribution is 0.388. The zero-order valence-corrected chi connectivity index (χ0v) is 22.3. The van der Waals surface area contributed by atoms with Gasteiger partial charge in [0.05, 0.1) is 30.7 Å². The Morgan fingerprint density at radius 1 is 1.00 bits per heavy atom. The van der Waals surface area contributed by atoms with Crippen LogP contribution in [0.1, 0.15) is 89.4 Å². The molecular formula is C27H42N2O4S. The molecule has 34 heavy (non-hydrogen) atoms. The van der Waals surface area contributed by atoms with Crippen molar-refractivity contribution in [2.24, 2.45) is 11.1 Å². The standard InChI is InChI=1S/C27H42N2O4S/c1-6-7-8-9-10-11-12-13-24(34-17-16-19(2)3)20-18-23(32-4)25-21(28-30)14-15-22(29-31)26(25)27(20)33-5/h14-15,18-19,24,28,30H,6-13,16-17H2,1-5H3. The summed E-state index contributed by atoms with van der Waals surface area (Å²) in [7, 11) is 3.23. The molecule has 190 valence electrons. The quantitative estimate of drug-likeness (QED) is 0.131. The number of anilines is 1. The van der Waals surface area contributed by atoms with Gasteiger partial charge in [-0.3, -0.25) is 10.7 Å². The van der Waals surface area contributed by atoms with Crippen molar-refractivity contribution in [3.8, 4) is 11.5 Å². The summed E-state index contributed by atoms with van der Waals surface area (Å²) in [5.41, 5.74) is 3.96. The summed E-state index contributed by atoms with van der Waals surface area (Å²) >= 11 is 1.95. The highest BCUT2D eigenvalue weighted by atomic mass is 32.2. The minimum absolute atomic E-state index is 0.216. The van der Waals surface area contributed by atoms with E-state index in [9.17, 15) is 10.1 Å². The highest BCUT2D eigenvalue weighted by Crippen LogP contribution is 2.50. The van der Waals surface area contributed by atoms with Crippen molar-refractivity contribution in [3.05, 3.63) is 28.7 Å². The van der Waals surface area contributed by atoms with E-state index in [0.29, 0.717) is 33.9 Å². The molecule has 0 spiro atoms. The number of unbranched alkanes of at least 4 members (excludes halogenated alkanes) is 6. The van der Waals surface area contributed by atoms with E-state index >= 15 is 0 Å². The van der Waals surface area contributed by atoms with Crippen molar-refractivity contribution < 1.29 is 14.7 Å². The topological polar surface area (TPSA) is 80.1 Å². The zero-order chi connectivity index (χ0) is 24.9. The number of nitrogens with zero attached hydrogens (tertiary/aromatic N) is 1. The number of methoxy groups -OCH3 is 2. The molecule has 2 aromatic carbocycles. The molecule has 0 aliphatic carbocycles. The molecule has 0 amide bonds. The summed E-state index contributed by atoms with van der Waals surface area (Å²) in [5.74, 6) is 2.91. The smallest absolute Gasteiger partial charge is 0.133 e. The number of hydrogen-bond donors (Lipinski definition) is 2. The predicted octanol–water partition coefficient (Wildman–Crippen LogP) is 9.02. The second-order valence-electron chi connectivity index (χ2n) is 9.24. The summed E-state index contributed by atoms with van der Waals surface area (Å²) in [6.45, 7) is 6.74. The monoisotopic (exact) mass is 490 g/mol. The predicted molar refractivity (Wildman–Crippen MR) is 145 cm³/mol. The maximum atomic E-state index is 11.7. The first-order chi connectivity index (χ1) is 16.5. The van der Waals surface area contributed by atoms with Crippen LogP contribution in [-0.4, -0.2) is 25.2 Å². The van der Waals surface area contributed by atoms with Crippen molar-refractivity contribution in [2.45, 2.75) is 83.8 Å². The number of nitroso groups, excluding NO2 is 1. The fraction of sp³-hybridized carbons (Fsp3) is 0.630. The van der Waals surface area contributed by atoms with Gasteiger partial charge < -0.3 is 9.47 Å². The van der Waals surface area contributed by atoms with Gasteiger partial charge in [-0.1, -0.05) is 65.7 Å². The zero-order valence-electron chi connectivity index (χ0n) is 21.5. The molecule has 1 unspecified atom stereocenters. The van der Waals surface area contributed by atoms with Gasteiger partial charge in [-0.2, -0.15) is 11.8 Å². The van der Waals surface area contributed by atoms with Crippen LogP contribution in [0.2, 0.25) is 0 Å². The maximum absolute atomic E-state index is 11.7. The van der Waals surface area contributed by atoms with E-state index in [1.165, 1.54) is 38.5 Å². The minimum Gasteiger partial charge on any atom is -0.496 e. The number of rotatable bonds is 17.